The highest BCUT2D eigenvalue weighted by Crippen LogP contribution is 2.16. The lowest BCUT2D eigenvalue weighted by molar-refractivity contribution is 0.474. The van der Waals surface area contributed by atoms with E-state index < -0.39 is 6.17 Å². The molecule has 1 aromatic rings. The van der Waals surface area contributed by atoms with Crippen LogP contribution in [0.4, 0.5) is 0 Å². The van der Waals surface area contributed by atoms with E-state index in [-0.39, 0.29) is 5.75 Å². The molecule has 3 nitrogen and oxygen atoms in total. The maximum Gasteiger partial charge on any atom is 0.122 e. The number of phenolic OH excluding ortho intramolecular Hbond substituents is 1. The smallest absolute Gasteiger partial charge is 0.122 e. The average Bonchev–Trinajstić information content (AvgIpc) is 2.03. The number of rotatable bonds is 2. The Hall–Kier alpha value is -1.32. The average molecular weight is 164 g/mol. The van der Waals surface area contributed by atoms with Crippen molar-refractivity contribution in [1.29, 1.82) is 0 Å². The van der Waals surface area contributed by atoms with E-state index in [2.05, 4.69) is 0 Å². The molecule has 64 valence electrons. The van der Waals surface area contributed by atoms with E-state index in [1.54, 1.807) is 30.4 Å². The maximum atomic E-state index is 9.29. The van der Waals surface area contributed by atoms with Gasteiger partial charge < -0.3 is 16.6 Å². The molecule has 0 atom stereocenters. The molecular formula is C9H12N2O. The summed E-state index contributed by atoms with van der Waals surface area (Å²) in [6.45, 7) is 0. The van der Waals surface area contributed by atoms with E-state index in [1.807, 2.05) is 6.07 Å². The van der Waals surface area contributed by atoms with Gasteiger partial charge in [-0.05, 0) is 6.07 Å². The van der Waals surface area contributed by atoms with E-state index >= 15 is 0 Å². The summed E-state index contributed by atoms with van der Waals surface area (Å²) in [5.41, 5.74) is 11.3. The van der Waals surface area contributed by atoms with Gasteiger partial charge in [-0.2, -0.15) is 0 Å². The third kappa shape index (κ3) is 2.38. The molecule has 3 heteroatoms. The minimum Gasteiger partial charge on any atom is -0.507 e. The molecule has 5 N–H and O–H groups in total. The Morgan fingerprint density at radius 3 is 2.50 bits per heavy atom. The van der Waals surface area contributed by atoms with Crippen molar-refractivity contribution in [3.05, 3.63) is 35.9 Å². The van der Waals surface area contributed by atoms with Crippen LogP contribution in [0.2, 0.25) is 0 Å². The summed E-state index contributed by atoms with van der Waals surface area (Å²) < 4.78 is 0. The van der Waals surface area contributed by atoms with Crippen molar-refractivity contribution in [3.63, 3.8) is 0 Å². The Kier molecular flexibility index (Phi) is 2.85. The first-order valence-electron chi connectivity index (χ1n) is 3.67. The number of nitrogens with two attached hydrogens (primary N) is 2. The highest BCUT2D eigenvalue weighted by molar-refractivity contribution is 5.56. The van der Waals surface area contributed by atoms with Crippen molar-refractivity contribution in [2.45, 2.75) is 6.17 Å². The highest BCUT2D eigenvalue weighted by Gasteiger charge is 1.93. The number of para-hydroxylation sites is 1. The molecular weight excluding hydrogens is 152 g/mol. The van der Waals surface area contributed by atoms with Gasteiger partial charge >= 0.3 is 0 Å². The fourth-order valence-electron chi connectivity index (χ4n) is 0.843. The van der Waals surface area contributed by atoms with Gasteiger partial charge in [-0.1, -0.05) is 30.4 Å². The zero-order chi connectivity index (χ0) is 8.97. The Bertz CT molecular complexity index is 282. The predicted molar refractivity (Wildman–Crippen MR) is 49.3 cm³/mol. The summed E-state index contributed by atoms with van der Waals surface area (Å²) >= 11 is 0. The van der Waals surface area contributed by atoms with E-state index in [0.29, 0.717) is 0 Å². The second-order valence-corrected chi connectivity index (χ2v) is 2.50. The summed E-state index contributed by atoms with van der Waals surface area (Å²) in [5, 5.41) is 9.29. The van der Waals surface area contributed by atoms with Crippen LogP contribution in [0, 0.1) is 0 Å². The molecule has 0 saturated carbocycles. The molecule has 12 heavy (non-hydrogen) atoms. The third-order valence-corrected chi connectivity index (χ3v) is 1.43. The number of phenols is 1. The van der Waals surface area contributed by atoms with Crippen molar-refractivity contribution in [2.75, 3.05) is 0 Å². The number of aromatic hydroxyl groups is 1. The van der Waals surface area contributed by atoms with Crippen LogP contribution in [0.5, 0.6) is 5.75 Å². The molecule has 1 aromatic carbocycles. The summed E-state index contributed by atoms with van der Waals surface area (Å²) in [6, 6.07) is 6.99. The Morgan fingerprint density at radius 2 is 1.92 bits per heavy atom. The molecule has 0 aliphatic heterocycles. The summed E-state index contributed by atoms with van der Waals surface area (Å²) in [4.78, 5) is 0. The SMILES string of the molecule is NC(N)C=Cc1ccccc1O. The van der Waals surface area contributed by atoms with Gasteiger partial charge in [0.25, 0.3) is 0 Å². The van der Waals surface area contributed by atoms with Crippen molar-refractivity contribution >= 4 is 6.08 Å². The van der Waals surface area contributed by atoms with Gasteiger partial charge in [0.05, 0.1) is 6.17 Å². The minimum absolute atomic E-state index is 0.231. The molecule has 0 amide bonds. The largest absolute Gasteiger partial charge is 0.507 e. The minimum atomic E-state index is -0.482. The van der Waals surface area contributed by atoms with E-state index in [4.69, 9.17) is 11.5 Å². The van der Waals surface area contributed by atoms with Crippen LogP contribution in [0.1, 0.15) is 5.56 Å². The van der Waals surface area contributed by atoms with Crippen molar-refractivity contribution in [2.24, 2.45) is 11.5 Å². The number of hydrogen-bond acceptors (Lipinski definition) is 3. The Labute approximate surface area is 71.3 Å². The fourth-order valence-corrected chi connectivity index (χ4v) is 0.843. The van der Waals surface area contributed by atoms with Crippen molar-refractivity contribution in [3.8, 4) is 5.75 Å². The molecule has 0 aliphatic rings. The van der Waals surface area contributed by atoms with Gasteiger partial charge in [0.2, 0.25) is 0 Å². The molecule has 0 aliphatic carbocycles. The van der Waals surface area contributed by atoms with Crippen LogP contribution in [-0.4, -0.2) is 11.3 Å². The topological polar surface area (TPSA) is 72.3 Å². The van der Waals surface area contributed by atoms with Gasteiger partial charge in [-0.3, -0.25) is 0 Å². The second-order valence-electron chi connectivity index (χ2n) is 2.50. The van der Waals surface area contributed by atoms with E-state index in [1.165, 1.54) is 0 Å². The zero-order valence-electron chi connectivity index (χ0n) is 6.64. The first-order valence-corrected chi connectivity index (χ1v) is 3.67. The van der Waals surface area contributed by atoms with Crippen molar-refractivity contribution < 1.29 is 5.11 Å². The quantitative estimate of drug-likeness (QED) is 0.562. The van der Waals surface area contributed by atoms with E-state index in [9.17, 15) is 5.11 Å². The monoisotopic (exact) mass is 164 g/mol. The van der Waals surface area contributed by atoms with Crippen LogP contribution < -0.4 is 11.5 Å². The third-order valence-electron chi connectivity index (χ3n) is 1.43. The lowest BCUT2D eigenvalue weighted by Crippen LogP contribution is -2.27. The maximum absolute atomic E-state index is 9.29. The molecule has 1 rings (SSSR count). The van der Waals surface area contributed by atoms with Crippen LogP contribution in [0.15, 0.2) is 30.3 Å². The molecule has 0 saturated heterocycles. The van der Waals surface area contributed by atoms with Crippen LogP contribution >= 0.6 is 0 Å². The van der Waals surface area contributed by atoms with Gasteiger partial charge in [-0.15, -0.1) is 0 Å². The van der Waals surface area contributed by atoms with Gasteiger partial charge in [0, 0.05) is 5.56 Å². The first-order chi connectivity index (χ1) is 5.70. The summed E-state index contributed by atoms with van der Waals surface area (Å²) in [6.07, 6.45) is 2.83. The summed E-state index contributed by atoms with van der Waals surface area (Å²) in [5.74, 6) is 0.231. The lowest BCUT2D eigenvalue weighted by atomic mass is 10.2. The molecule has 0 aromatic heterocycles. The predicted octanol–water partition coefficient (Wildman–Crippen LogP) is 0.649. The number of benzene rings is 1. The van der Waals surface area contributed by atoms with Gasteiger partial charge in [0.1, 0.15) is 5.75 Å². The lowest BCUT2D eigenvalue weighted by Gasteiger charge is -1.98. The van der Waals surface area contributed by atoms with E-state index in [0.717, 1.165) is 5.56 Å². The standard InChI is InChI=1S/C9H12N2O/c10-9(11)6-5-7-3-1-2-4-8(7)12/h1-6,9,12H,10-11H2. The summed E-state index contributed by atoms with van der Waals surface area (Å²) in [7, 11) is 0. The van der Waals surface area contributed by atoms with Crippen LogP contribution in [-0.2, 0) is 0 Å². The molecule has 0 bridgehead atoms. The molecule has 0 unspecified atom stereocenters. The van der Waals surface area contributed by atoms with Crippen molar-refractivity contribution in [1.82, 2.24) is 0 Å². The second kappa shape index (κ2) is 3.90. The fraction of sp³-hybridized carbons (Fsp3) is 0.111. The Morgan fingerprint density at radius 1 is 1.25 bits per heavy atom. The normalized spacial score (nSPS) is 11.2. The Balaban J connectivity index is 2.82. The van der Waals surface area contributed by atoms with Gasteiger partial charge in [0.15, 0.2) is 0 Å². The molecule has 0 spiro atoms. The highest BCUT2D eigenvalue weighted by atomic mass is 16.3. The molecule has 0 radical (unpaired) electrons. The molecule has 0 fully saturated rings. The zero-order valence-corrected chi connectivity index (χ0v) is 6.64. The molecule has 0 heterocycles. The first kappa shape index (κ1) is 8.77. The van der Waals surface area contributed by atoms with Crippen LogP contribution in [0.3, 0.4) is 0 Å². The van der Waals surface area contributed by atoms with Gasteiger partial charge in [-0.25, -0.2) is 0 Å². The number of hydrogen-bond donors (Lipinski definition) is 3. The van der Waals surface area contributed by atoms with Crippen LogP contribution in [0.25, 0.3) is 6.08 Å².